The number of thioether (sulfide) groups is 1. The van der Waals surface area contributed by atoms with Gasteiger partial charge in [0.05, 0.1) is 35.7 Å². The highest BCUT2D eigenvalue weighted by atomic mass is 32.2. The predicted octanol–water partition coefficient (Wildman–Crippen LogP) is 2.68. The molecule has 1 aliphatic rings. The van der Waals surface area contributed by atoms with Crippen molar-refractivity contribution in [2.75, 3.05) is 29.6 Å². The van der Waals surface area contributed by atoms with Crippen LogP contribution in [0.4, 0.5) is 24.5 Å². The molecule has 0 fully saturated rings. The SMILES string of the molecule is COC(=O)CCS[C@H](C)C(=O)N1CC(=O)Nc2cc(C(F)(F)F)ccc21. The van der Waals surface area contributed by atoms with Crippen LogP contribution in [0.1, 0.15) is 18.9 Å². The van der Waals surface area contributed by atoms with Crippen molar-refractivity contribution in [1.29, 1.82) is 0 Å². The zero-order chi connectivity index (χ0) is 19.5. The molecule has 1 aliphatic heterocycles. The minimum Gasteiger partial charge on any atom is -0.469 e. The Balaban J connectivity index is 2.16. The number of esters is 1. The molecule has 0 spiro atoms. The summed E-state index contributed by atoms with van der Waals surface area (Å²) in [6.45, 7) is 1.33. The van der Waals surface area contributed by atoms with Crippen molar-refractivity contribution in [3.05, 3.63) is 23.8 Å². The molecule has 2 rings (SSSR count). The molecule has 1 heterocycles. The third-order valence-corrected chi connectivity index (χ3v) is 4.85. The minimum atomic E-state index is -4.55. The predicted molar refractivity (Wildman–Crippen MR) is 91.0 cm³/mol. The number of alkyl halides is 3. The number of amides is 2. The smallest absolute Gasteiger partial charge is 0.416 e. The molecular formula is C16H17F3N2O4S. The van der Waals surface area contributed by atoms with Crippen LogP contribution in [0, 0.1) is 0 Å². The fourth-order valence-corrected chi connectivity index (χ4v) is 3.28. The van der Waals surface area contributed by atoms with Crippen LogP contribution < -0.4 is 10.2 Å². The molecule has 1 aromatic carbocycles. The summed E-state index contributed by atoms with van der Waals surface area (Å²) in [5.41, 5.74) is -0.759. The van der Waals surface area contributed by atoms with Gasteiger partial charge < -0.3 is 10.1 Å². The Morgan fingerprint density at radius 3 is 2.69 bits per heavy atom. The van der Waals surface area contributed by atoms with Crippen molar-refractivity contribution >= 4 is 40.9 Å². The monoisotopic (exact) mass is 390 g/mol. The number of fused-ring (bicyclic) bond motifs is 1. The Hall–Kier alpha value is -2.23. The molecule has 0 unspecified atom stereocenters. The number of methoxy groups -OCH3 is 1. The van der Waals surface area contributed by atoms with Crippen molar-refractivity contribution in [3.63, 3.8) is 0 Å². The third-order valence-electron chi connectivity index (χ3n) is 3.71. The second kappa shape index (κ2) is 7.98. The summed E-state index contributed by atoms with van der Waals surface area (Å²) < 4.78 is 43.0. The standard InChI is InChI=1S/C16H17F3N2O4S/c1-9(26-6-5-14(23)25-2)15(24)21-8-13(22)20-11-7-10(16(17,18)19)3-4-12(11)21/h3-4,7,9H,5-6,8H2,1-2H3,(H,20,22)/t9-/m1/s1. The molecule has 1 aromatic rings. The number of halogens is 3. The Morgan fingerprint density at radius 2 is 2.08 bits per heavy atom. The first-order chi connectivity index (χ1) is 12.1. The number of hydrogen-bond acceptors (Lipinski definition) is 5. The molecule has 2 amide bonds. The van der Waals surface area contributed by atoms with Crippen molar-refractivity contribution < 1.29 is 32.3 Å². The highest BCUT2D eigenvalue weighted by Gasteiger charge is 2.35. The molecule has 6 nitrogen and oxygen atoms in total. The summed E-state index contributed by atoms with van der Waals surface area (Å²) in [7, 11) is 1.26. The van der Waals surface area contributed by atoms with Crippen LogP contribution in [-0.4, -0.2) is 42.4 Å². The number of ether oxygens (including phenoxy) is 1. The molecule has 0 radical (unpaired) electrons. The van der Waals surface area contributed by atoms with Crippen LogP contribution in [0.15, 0.2) is 18.2 Å². The molecule has 1 atom stereocenters. The normalized spacial score (nSPS) is 15.1. The van der Waals surface area contributed by atoms with Crippen LogP contribution in [0.25, 0.3) is 0 Å². The highest BCUT2D eigenvalue weighted by Crippen LogP contribution is 2.37. The van der Waals surface area contributed by atoms with Gasteiger partial charge in [0.1, 0.15) is 6.54 Å². The van der Waals surface area contributed by atoms with Gasteiger partial charge in [0.15, 0.2) is 0 Å². The van der Waals surface area contributed by atoms with Gasteiger partial charge in [0.2, 0.25) is 11.8 Å². The van der Waals surface area contributed by atoms with Gasteiger partial charge >= 0.3 is 12.1 Å². The first-order valence-electron chi connectivity index (χ1n) is 7.64. The van der Waals surface area contributed by atoms with Gasteiger partial charge in [0, 0.05) is 5.75 Å². The number of nitrogens with one attached hydrogen (secondary N) is 1. The number of nitrogens with zero attached hydrogens (tertiary/aromatic N) is 1. The lowest BCUT2D eigenvalue weighted by molar-refractivity contribution is -0.140. The second-order valence-corrected chi connectivity index (χ2v) is 6.99. The maximum absolute atomic E-state index is 12.8. The fraction of sp³-hybridized carbons (Fsp3) is 0.438. The maximum atomic E-state index is 12.8. The van der Waals surface area contributed by atoms with Gasteiger partial charge in [-0.25, -0.2) is 0 Å². The number of hydrogen-bond donors (Lipinski definition) is 1. The summed E-state index contributed by atoms with van der Waals surface area (Å²) in [4.78, 5) is 36.7. The van der Waals surface area contributed by atoms with E-state index in [0.717, 1.165) is 17.0 Å². The third kappa shape index (κ3) is 4.69. The summed E-state index contributed by atoms with van der Waals surface area (Å²) in [5, 5.41) is 1.78. The zero-order valence-electron chi connectivity index (χ0n) is 14.1. The molecule has 1 N–H and O–H groups in total. The first-order valence-corrected chi connectivity index (χ1v) is 8.69. The van der Waals surface area contributed by atoms with E-state index < -0.39 is 34.8 Å². The number of carbonyl (C=O) groups is 3. The van der Waals surface area contributed by atoms with Crippen molar-refractivity contribution in [1.82, 2.24) is 0 Å². The van der Waals surface area contributed by atoms with Crippen molar-refractivity contribution in [2.24, 2.45) is 0 Å². The number of benzene rings is 1. The average Bonchev–Trinajstić information content (AvgIpc) is 2.58. The van der Waals surface area contributed by atoms with Crippen LogP contribution in [-0.2, 0) is 25.3 Å². The summed E-state index contributed by atoms with van der Waals surface area (Å²) in [6, 6.07) is 2.84. The molecule has 0 aromatic heterocycles. The van der Waals surface area contributed by atoms with Crippen molar-refractivity contribution in [2.45, 2.75) is 24.8 Å². The molecule has 10 heteroatoms. The van der Waals surface area contributed by atoms with E-state index in [1.54, 1.807) is 6.92 Å². The van der Waals surface area contributed by atoms with E-state index in [9.17, 15) is 27.6 Å². The number of carbonyl (C=O) groups excluding carboxylic acids is 3. The van der Waals surface area contributed by atoms with E-state index in [1.807, 2.05) is 0 Å². The molecule has 0 aliphatic carbocycles. The van der Waals surface area contributed by atoms with Gasteiger partial charge in [-0.3, -0.25) is 19.3 Å². The molecular weight excluding hydrogens is 373 g/mol. The molecule has 0 saturated heterocycles. The Kier molecular flexibility index (Phi) is 6.17. The van der Waals surface area contributed by atoms with Gasteiger partial charge in [-0.2, -0.15) is 13.2 Å². The van der Waals surface area contributed by atoms with Crippen molar-refractivity contribution in [3.8, 4) is 0 Å². The maximum Gasteiger partial charge on any atom is 0.416 e. The quantitative estimate of drug-likeness (QED) is 0.783. The van der Waals surface area contributed by atoms with Crippen LogP contribution in [0.5, 0.6) is 0 Å². The largest absolute Gasteiger partial charge is 0.469 e. The van der Waals surface area contributed by atoms with Crippen LogP contribution in [0.2, 0.25) is 0 Å². The van der Waals surface area contributed by atoms with E-state index in [4.69, 9.17) is 0 Å². The first kappa shape index (κ1) is 20.1. The number of rotatable bonds is 5. The number of anilines is 2. The highest BCUT2D eigenvalue weighted by molar-refractivity contribution is 8.00. The average molecular weight is 390 g/mol. The Morgan fingerprint density at radius 1 is 1.38 bits per heavy atom. The van der Waals surface area contributed by atoms with Gasteiger partial charge in [-0.05, 0) is 25.1 Å². The molecule has 0 bridgehead atoms. The second-order valence-electron chi connectivity index (χ2n) is 5.54. The van der Waals surface area contributed by atoms with E-state index >= 15 is 0 Å². The Labute approximate surface area is 152 Å². The van der Waals surface area contributed by atoms with E-state index in [1.165, 1.54) is 24.9 Å². The lowest BCUT2D eigenvalue weighted by atomic mass is 10.1. The molecule has 26 heavy (non-hydrogen) atoms. The molecule has 0 saturated carbocycles. The van der Waals surface area contributed by atoms with Gasteiger partial charge in [-0.15, -0.1) is 11.8 Å². The topological polar surface area (TPSA) is 75.7 Å². The van der Waals surface area contributed by atoms with Gasteiger partial charge in [-0.1, -0.05) is 0 Å². The summed E-state index contributed by atoms with van der Waals surface area (Å²) >= 11 is 1.20. The fourth-order valence-electron chi connectivity index (χ4n) is 2.37. The minimum absolute atomic E-state index is 0.0591. The summed E-state index contributed by atoms with van der Waals surface area (Å²) in [5.74, 6) is -1.05. The Bertz CT molecular complexity index is 724. The van der Waals surface area contributed by atoms with Crippen LogP contribution >= 0.6 is 11.8 Å². The van der Waals surface area contributed by atoms with Crippen LogP contribution in [0.3, 0.4) is 0 Å². The van der Waals surface area contributed by atoms with Gasteiger partial charge in [0.25, 0.3) is 0 Å². The lowest BCUT2D eigenvalue weighted by Crippen LogP contribution is -2.45. The lowest BCUT2D eigenvalue weighted by Gasteiger charge is -2.31. The molecule has 142 valence electrons. The van der Waals surface area contributed by atoms with E-state index in [2.05, 4.69) is 10.1 Å². The van der Waals surface area contributed by atoms with E-state index in [0.29, 0.717) is 5.75 Å². The van der Waals surface area contributed by atoms with E-state index in [-0.39, 0.29) is 24.3 Å². The zero-order valence-corrected chi connectivity index (χ0v) is 14.9. The summed E-state index contributed by atoms with van der Waals surface area (Å²) in [6.07, 6.45) is -4.42.